The average Bonchev–Trinajstić information content (AvgIpc) is 3.00. The van der Waals surface area contributed by atoms with Crippen LogP contribution in [0.1, 0.15) is 15.9 Å². The minimum atomic E-state index is -0.371. The van der Waals surface area contributed by atoms with Crippen LogP contribution in [0, 0.1) is 0 Å². The molecule has 0 unspecified atom stereocenters. The second-order valence-corrected chi connectivity index (χ2v) is 4.68. The summed E-state index contributed by atoms with van der Waals surface area (Å²) in [7, 11) is 1.37. The third kappa shape index (κ3) is 2.74. The van der Waals surface area contributed by atoms with Crippen LogP contribution in [0.25, 0.3) is 10.9 Å². The molecule has 21 heavy (non-hydrogen) atoms. The molecular formula is C17H15NO3. The SMILES string of the molecule is COC(=O)c1cc(OCc2ccccc2)cc2[nH]ccc12. The Labute approximate surface area is 122 Å². The molecule has 1 N–H and O–H groups in total. The van der Waals surface area contributed by atoms with Crippen LogP contribution in [0.3, 0.4) is 0 Å². The first-order valence-electron chi connectivity index (χ1n) is 6.64. The van der Waals surface area contributed by atoms with Crippen LogP contribution in [0.2, 0.25) is 0 Å². The summed E-state index contributed by atoms with van der Waals surface area (Å²) in [6.07, 6.45) is 1.79. The molecule has 4 heteroatoms. The zero-order valence-electron chi connectivity index (χ0n) is 11.6. The highest BCUT2D eigenvalue weighted by molar-refractivity contribution is 6.04. The number of hydrogen-bond acceptors (Lipinski definition) is 3. The van der Waals surface area contributed by atoms with Gasteiger partial charge in [0.2, 0.25) is 0 Å². The van der Waals surface area contributed by atoms with Gasteiger partial charge in [-0.25, -0.2) is 4.79 Å². The number of fused-ring (bicyclic) bond motifs is 1. The molecule has 0 spiro atoms. The van der Waals surface area contributed by atoms with E-state index in [-0.39, 0.29) is 5.97 Å². The maximum Gasteiger partial charge on any atom is 0.338 e. The predicted octanol–water partition coefficient (Wildman–Crippen LogP) is 3.53. The fraction of sp³-hybridized carbons (Fsp3) is 0.118. The Hall–Kier alpha value is -2.75. The van der Waals surface area contributed by atoms with E-state index in [1.165, 1.54) is 7.11 Å². The Bertz CT molecular complexity index is 762. The van der Waals surface area contributed by atoms with Crippen LogP contribution in [-0.4, -0.2) is 18.1 Å². The van der Waals surface area contributed by atoms with Crippen molar-refractivity contribution < 1.29 is 14.3 Å². The van der Waals surface area contributed by atoms with Gasteiger partial charge in [0.15, 0.2) is 0 Å². The molecule has 4 nitrogen and oxygen atoms in total. The third-order valence-electron chi connectivity index (χ3n) is 3.30. The molecule has 1 heterocycles. The lowest BCUT2D eigenvalue weighted by Crippen LogP contribution is -2.03. The molecule has 0 saturated carbocycles. The Kier molecular flexibility index (Phi) is 3.60. The van der Waals surface area contributed by atoms with E-state index in [0.717, 1.165) is 16.5 Å². The third-order valence-corrected chi connectivity index (χ3v) is 3.30. The molecule has 0 radical (unpaired) electrons. The number of H-pyrrole nitrogens is 1. The zero-order chi connectivity index (χ0) is 14.7. The summed E-state index contributed by atoms with van der Waals surface area (Å²) >= 11 is 0. The quantitative estimate of drug-likeness (QED) is 0.744. The van der Waals surface area contributed by atoms with Crippen LogP contribution in [0.4, 0.5) is 0 Å². The Morgan fingerprint density at radius 2 is 1.95 bits per heavy atom. The highest BCUT2D eigenvalue weighted by Gasteiger charge is 2.13. The minimum absolute atomic E-state index is 0.371. The molecule has 106 valence electrons. The summed E-state index contributed by atoms with van der Waals surface area (Å²) in [6.45, 7) is 0.452. The van der Waals surface area contributed by atoms with Crippen molar-refractivity contribution in [2.24, 2.45) is 0 Å². The number of hydrogen-bond donors (Lipinski definition) is 1. The number of aromatic nitrogens is 1. The fourth-order valence-corrected chi connectivity index (χ4v) is 2.24. The van der Waals surface area contributed by atoms with Crippen LogP contribution in [0.15, 0.2) is 54.7 Å². The van der Waals surface area contributed by atoms with Crippen molar-refractivity contribution in [3.63, 3.8) is 0 Å². The van der Waals surface area contributed by atoms with E-state index in [1.807, 2.05) is 42.5 Å². The first kappa shape index (κ1) is 13.2. The minimum Gasteiger partial charge on any atom is -0.489 e. The van der Waals surface area contributed by atoms with Crippen molar-refractivity contribution >= 4 is 16.9 Å². The van der Waals surface area contributed by atoms with Crippen LogP contribution in [-0.2, 0) is 11.3 Å². The molecule has 0 aliphatic heterocycles. The topological polar surface area (TPSA) is 51.3 Å². The van der Waals surface area contributed by atoms with Gasteiger partial charge >= 0.3 is 5.97 Å². The molecule has 0 aliphatic carbocycles. The van der Waals surface area contributed by atoms with Crippen LogP contribution in [0.5, 0.6) is 5.75 Å². The van der Waals surface area contributed by atoms with E-state index in [9.17, 15) is 4.79 Å². The van der Waals surface area contributed by atoms with E-state index >= 15 is 0 Å². The van der Waals surface area contributed by atoms with E-state index in [0.29, 0.717) is 17.9 Å². The normalized spacial score (nSPS) is 10.5. The first-order chi connectivity index (χ1) is 10.3. The molecule has 0 bridgehead atoms. The molecule has 0 aliphatic rings. The molecule has 1 aromatic heterocycles. The van der Waals surface area contributed by atoms with Gasteiger partial charge in [-0.05, 0) is 17.7 Å². The molecule has 2 aromatic carbocycles. The van der Waals surface area contributed by atoms with Crippen molar-refractivity contribution in [1.82, 2.24) is 4.98 Å². The highest BCUT2D eigenvalue weighted by atomic mass is 16.5. The number of carbonyl (C=O) groups excluding carboxylic acids is 1. The number of benzene rings is 2. The maximum atomic E-state index is 11.9. The van der Waals surface area contributed by atoms with E-state index < -0.39 is 0 Å². The summed E-state index contributed by atoms with van der Waals surface area (Å²) in [5.41, 5.74) is 2.42. The van der Waals surface area contributed by atoms with Crippen molar-refractivity contribution in [3.8, 4) is 5.75 Å². The average molecular weight is 281 g/mol. The largest absolute Gasteiger partial charge is 0.489 e. The molecule has 3 rings (SSSR count). The number of ether oxygens (including phenoxy) is 2. The van der Waals surface area contributed by atoms with E-state index in [2.05, 4.69) is 4.98 Å². The molecule has 0 saturated heterocycles. The number of carbonyl (C=O) groups is 1. The monoisotopic (exact) mass is 281 g/mol. The van der Waals surface area contributed by atoms with Gasteiger partial charge in [-0.15, -0.1) is 0 Å². The summed E-state index contributed by atoms with van der Waals surface area (Å²) in [4.78, 5) is 14.9. The van der Waals surface area contributed by atoms with Gasteiger partial charge < -0.3 is 14.5 Å². The van der Waals surface area contributed by atoms with Gasteiger partial charge in [-0.2, -0.15) is 0 Å². The van der Waals surface area contributed by atoms with E-state index in [1.54, 1.807) is 12.3 Å². The first-order valence-corrected chi connectivity index (χ1v) is 6.64. The van der Waals surface area contributed by atoms with E-state index in [4.69, 9.17) is 9.47 Å². The van der Waals surface area contributed by atoms with Gasteiger partial charge in [0.05, 0.1) is 12.7 Å². The summed E-state index contributed by atoms with van der Waals surface area (Å²) < 4.78 is 10.6. The number of methoxy groups -OCH3 is 1. The van der Waals surface area contributed by atoms with Crippen molar-refractivity contribution in [2.75, 3.05) is 7.11 Å². The Morgan fingerprint density at radius 3 is 2.71 bits per heavy atom. The van der Waals surface area contributed by atoms with Gasteiger partial charge in [0.1, 0.15) is 12.4 Å². The van der Waals surface area contributed by atoms with Crippen molar-refractivity contribution in [2.45, 2.75) is 6.61 Å². The second kappa shape index (κ2) is 5.71. The summed E-state index contributed by atoms with van der Waals surface area (Å²) in [6, 6.07) is 15.3. The Balaban J connectivity index is 1.90. The fourth-order valence-electron chi connectivity index (χ4n) is 2.24. The molecule has 3 aromatic rings. The van der Waals surface area contributed by atoms with Gasteiger partial charge in [0, 0.05) is 23.2 Å². The van der Waals surface area contributed by atoms with Gasteiger partial charge in [0.25, 0.3) is 0 Å². The molecule has 0 amide bonds. The lowest BCUT2D eigenvalue weighted by molar-refractivity contribution is 0.0602. The maximum absolute atomic E-state index is 11.9. The summed E-state index contributed by atoms with van der Waals surface area (Å²) in [5, 5.41) is 0.828. The lowest BCUT2D eigenvalue weighted by Gasteiger charge is -2.09. The molecule has 0 fully saturated rings. The second-order valence-electron chi connectivity index (χ2n) is 4.68. The zero-order valence-corrected chi connectivity index (χ0v) is 11.6. The number of nitrogens with one attached hydrogen (secondary N) is 1. The Morgan fingerprint density at radius 1 is 1.14 bits per heavy atom. The standard InChI is InChI=1S/C17H15NO3/c1-20-17(19)15-9-13(10-16-14(15)7-8-18-16)21-11-12-5-3-2-4-6-12/h2-10,18H,11H2,1H3. The van der Waals surface area contributed by atoms with Crippen molar-refractivity contribution in [3.05, 3.63) is 65.9 Å². The molecule has 0 atom stereocenters. The van der Waals surface area contributed by atoms with Gasteiger partial charge in [-0.1, -0.05) is 30.3 Å². The number of rotatable bonds is 4. The van der Waals surface area contributed by atoms with Gasteiger partial charge in [-0.3, -0.25) is 0 Å². The van der Waals surface area contributed by atoms with Crippen molar-refractivity contribution in [1.29, 1.82) is 0 Å². The van der Waals surface area contributed by atoms with Crippen LogP contribution >= 0.6 is 0 Å². The van der Waals surface area contributed by atoms with Crippen LogP contribution < -0.4 is 4.74 Å². The lowest BCUT2D eigenvalue weighted by atomic mass is 10.1. The number of aromatic amines is 1. The predicted molar refractivity (Wildman–Crippen MR) is 80.4 cm³/mol. The molecular weight excluding hydrogens is 266 g/mol. The highest BCUT2D eigenvalue weighted by Crippen LogP contribution is 2.26. The summed E-state index contributed by atoms with van der Waals surface area (Å²) in [5.74, 6) is 0.263. The smallest absolute Gasteiger partial charge is 0.338 e. The number of esters is 1.